The molecule has 4 heterocycles. The highest BCUT2D eigenvalue weighted by atomic mass is 16.2. The molecule has 0 bridgehead atoms. The molecule has 2 N–H and O–H groups in total. The molecule has 184 valence electrons. The first-order chi connectivity index (χ1) is 16.6. The van der Waals surface area contributed by atoms with E-state index in [0.717, 1.165) is 44.2 Å². The smallest absolute Gasteiger partial charge is 0.255 e. The van der Waals surface area contributed by atoms with Gasteiger partial charge in [0.2, 0.25) is 11.8 Å². The van der Waals surface area contributed by atoms with Gasteiger partial charge in [-0.25, -0.2) is 0 Å². The molecule has 3 saturated heterocycles. The number of carbonyl (C=O) groups excluding carboxylic acids is 3. The van der Waals surface area contributed by atoms with Crippen LogP contribution in [0.25, 0.3) is 0 Å². The van der Waals surface area contributed by atoms with E-state index in [2.05, 4.69) is 32.6 Å². The van der Waals surface area contributed by atoms with E-state index in [9.17, 15) is 14.4 Å². The van der Waals surface area contributed by atoms with Gasteiger partial charge >= 0.3 is 0 Å². The van der Waals surface area contributed by atoms with Crippen LogP contribution in [0.5, 0.6) is 0 Å². The van der Waals surface area contributed by atoms with Crippen molar-refractivity contribution in [2.24, 2.45) is 5.92 Å². The van der Waals surface area contributed by atoms with Gasteiger partial charge in [-0.15, -0.1) is 0 Å². The van der Waals surface area contributed by atoms with Crippen LogP contribution in [0.3, 0.4) is 0 Å². The molecular weight excluding hydrogens is 430 g/mol. The van der Waals surface area contributed by atoms with Gasteiger partial charge in [-0.3, -0.25) is 24.6 Å². The van der Waals surface area contributed by atoms with Crippen molar-refractivity contribution in [3.8, 4) is 0 Å². The quantitative estimate of drug-likeness (QED) is 0.589. The number of imide groups is 1. The van der Waals surface area contributed by atoms with Gasteiger partial charge in [0.15, 0.2) is 0 Å². The molecule has 8 heteroatoms. The molecule has 0 aliphatic carbocycles. The summed E-state index contributed by atoms with van der Waals surface area (Å²) in [7, 11) is 0. The first-order valence-corrected chi connectivity index (χ1v) is 13.0. The number of carbonyl (C=O) groups is 3. The molecule has 0 radical (unpaired) electrons. The van der Waals surface area contributed by atoms with Crippen LogP contribution in [0.4, 0.5) is 0 Å². The summed E-state index contributed by atoms with van der Waals surface area (Å²) in [5.41, 5.74) is 2.92. The Bertz CT molecular complexity index is 929. The van der Waals surface area contributed by atoms with Crippen molar-refractivity contribution in [2.45, 2.75) is 57.7 Å². The van der Waals surface area contributed by atoms with Crippen molar-refractivity contribution in [1.29, 1.82) is 0 Å². The SMILES string of the molecule is O=C1CCC(N2Cc3cc(CN4CCCC(CCCN5CCNCC5)C4)ccc3C2=O)C(=O)N1. The Balaban J connectivity index is 1.14. The molecular formula is C26H37N5O3. The standard InChI is InChI=1S/C26H37N5O3/c32-24-8-7-23(25(33)28-24)31-18-21-15-20(5-6-22(21)26(31)34)17-30-12-2-4-19(16-30)3-1-11-29-13-9-27-10-14-29/h5-6,15,19,23,27H,1-4,7-14,16-18H2,(H,28,32,33). The third-order valence-corrected chi connectivity index (χ3v) is 7.89. The zero-order valence-electron chi connectivity index (χ0n) is 20.1. The average molecular weight is 468 g/mol. The topological polar surface area (TPSA) is 85.0 Å². The zero-order valence-corrected chi connectivity index (χ0v) is 20.1. The Morgan fingerprint density at radius 1 is 1.00 bits per heavy atom. The second kappa shape index (κ2) is 10.5. The van der Waals surface area contributed by atoms with Gasteiger partial charge in [-0.2, -0.15) is 0 Å². The number of benzene rings is 1. The maximum atomic E-state index is 12.9. The minimum atomic E-state index is -0.551. The lowest BCUT2D eigenvalue weighted by molar-refractivity contribution is -0.136. The normalized spacial score (nSPS) is 26.6. The molecule has 0 aromatic heterocycles. The molecule has 1 aromatic carbocycles. The van der Waals surface area contributed by atoms with Crippen molar-refractivity contribution in [1.82, 2.24) is 25.3 Å². The maximum absolute atomic E-state index is 12.9. The van der Waals surface area contributed by atoms with Crippen LogP contribution < -0.4 is 10.6 Å². The molecule has 5 rings (SSSR count). The van der Waals surface area contributed by atoms with E-state index in [1.165, 1.54) is 50.9 Å². The highest BCUT2D eigenvalue weighted by Crippen LogP contribution is 2.29. The number of nitrogens with zero attached hydrogens (tertiary/aromatic N) is 3. The molecule has 4 aliphatic heterocycles. The number of likely N-dealkylation sites (tertiary alicyclic amines) is 1. The Morgan fingerprint density at radius 2 is 1.85 bits per heavy atom. The summed E-state index contributed by atoms with van der Waals surface area (Å²) in [4.78, 5) is 43.5. The van der Waals surface area contributed by atoms with E-state index in [1.54, 1.807) is 4.90 Å². The summed E-state index contributed by atoms with van der Waals surface area (Å²) in [5.74, 6) is 0.0690. The maximum Gasteiger partial charge on any atom is 0.255 e. The van der Waals surface area contributed by atoms with E-state index < -0.39 is 6.04 Å². The molecule has 34 heavy (non-hydrogen) atoms. The lowest BCUT2D eigenvalue weighted by Crippen LogP contribution is -2.52. The van der Waals surface area contributed by atoms with Crippen LogP contribution in [-0.4, -0.2) is 84.3 Å². The molecule has 8 nitrogen and oxygen atoms in total. The first kappa shape index (κ1) is 23.5. The number of nitrogens with one attached hydrogen (secondary N) is 2. The van der Waals surface area contributed by atoms with Crippen LogP contribution in [-0.2, 0) is 22.7 Å². The lowest BCUT2D eigenvalue weighted by Gasteiger charge is -2.33. The monoisotopic (exact) mass is 467 g/mol. The predicted octanol–water partition coefficient (Wildman–Crippen LogP) is 1.35. The highest BCUT2D eigenvalue weighted by Gasteiger charge is 2.39. The van der Waals surface area contributed by atoms with Gasteiger partial charge in [-0.1, -0.05) is 12.1 Å². The van der Waals surface area contributed by atoms with Crippen LogP contribution in [0.15, 0.2) is 18.2 Å². The molecule has 4 aliphatic rings. The van der Waals surface area contributed by atoms with Crippen LogP contribution in [0, 0.1) is 5.92 Å². The number of amides is 3. The minimum Gasteiger partial charge on any atom is -0.322 e. The van der Waals surface area contributed by atoms with Crippen molar-refractivity contribution in [2.75, 3.05) is 45.8 Å². The summed E-state index contributed by atoms with van der Waals surface area (Å²) >= 11 is 0. The zero-order chi connectivity index (χ0) is 23.5. The molecule has 1 aromatic rings. The fraction of sp³-hybridized carbons (Fsp3) is 0.654. The van der Waals surface area contributed by atoms with Gasteiger partial charge in [0.25, 0.3) is 5.91 Å². The van der Waals surface area contributed by atoms with Crippen LogP contribution >= 0.6 is 0 Å². The largest absolute Gasteiger partial charge is 0.322 e. The third kappa shape index (κ3) is 5.34. The summed E-state index contributed by atoms with van der Waals surface area (Å²) in [5, 5.41) is 5.80. The molecule has 0 saturated carbocycles. The molecule has 3 fully saturated rings. The van der Waals surface area contributed by atoms with Crippen molar-refractivity contribution in [3.05, 3.63) is 34.9 Å². The second-order valence-corrected chi connectivity index (χ2v) is 10.4. The number of rotatable bonds is 7. The number of piperazine rings is 1. The van der Waals surface area contributed by atoms with Gasteiger partial charge in [0.05, 0.1) is 0 Å². The highest BCUT2D eigenvalue weighted by molar-refractivity contribution is 6.05. The van der Waals surface area contributed by atoms with Gasteiger partial charge < -0.3 is 15.1 Å². The van der Waals surface area contributed by atoms with Crippen LogP contribution in [0.1, 0.15) is 60.0 Å². The van der Waals surface area contributed by atoms with E-state index >= 15 is 0 Å². The summed E-state index contributed by atoms with van der Waals surface area (Å²) < 4.78 is 0. The number of piperidine rings is 2. The van der Waals surface area contributed by atoms with Crippen LogP contribution in [0.2, 0.25) is 0 Å². The molecule has 3 amide bonds. The van der Waals surface area contributed by atoms with Gasteiger partial charge in [-0.05, 0) is 68.3 Å². The van der Waals surface area contributed by atoms with E-state index in [-0.39, 0.29) is 24.1 Å². The summed E-state index contributed by atoms with van der Waals surface area (Å²) in [6.45, 7) is 9.46. The summed E-state index contributed by atoms with van der Waals surface area (Å²) in [6, 6.07) is 5.59. The van der Waals surface area contributed by atoms with Gasteiger partial charge in [0.1, 0.15) is 6.04 Å². The Morgan fingerprint density at radius 3 is 2.68 bits per heavy atom. The summed E-state index contributed by atoms with van der Waals surface area (Å²) in [6.07, 6.45) is 5.87. The first-order valence-electron chi connectivity index (χ1n) is 13.0. The lowest BCUT2D eigenvalue weighted by atomic mass is 9.93. The van der Waals surface area contributed by atoms with Crippen molar-refractivity contribution in [3.63, 3.8) is 0 Å². The van der Waals surface area contributed by atoms with Crippen molar-refractivity contribution < 1.29 is 14.4 Å². The molecule has 2 atom stereocenters. The Hall–Kier alpha value is -2.29. The molecule has 0 spiro atoms. The third-order valence-electron chi connectivity index (χ3n) is 7.89. The number of fused-ring (bicyclic) bond motifs is 1. The Kier molecular flexibility index (Phi) is 7.27. The number of hydrogen-bond donors (Lipinski definition) is 2. The predicted molar refractivity (Wildman–Crippen MR) is 129 cm³/mol. The van der Waals surface area contributed by atoms with Crippen molar-refractivity contribution >= 4 is 17.7 Å². The van der Waals surface area contributed by atoms with E-state index in [4.69, 9.17) is 0 Å². The van der Waals surface area contributed by atoms with E-state index in [1.807, 2.05) is 6.07 Å². The minimum absolute atomic E-state index is 0.0985. The fourth-order valence-corrected chi connectivity index (χ4v) is 6.05. The fourth-order valence-electron chi connectivity index (χ4n) is 6.05. The Labute approximate surface area is 202 Å². The number of hydrogen-bond acceptors (Lipinski definition) is 6. The molecule has 2 unspecified atom stereocenters. The van der Waals surface area contributed by atoms with Gasteiger partial charge in [0, 0.05) is 57.8 Å². The van der Waals surface area contributed by atoms with E-state index in [0.29, 0.717) is 18.5 Å². The second-order valence-electron chi connectivity index (χ2n) is 10.4. The average Bonchev–Trinajstić information content (AvgIpc) is 3.15.